The van der Waals surface area contributed by atoms with Gasteiger partial charge in [-0.25, -0.2) is 0 Å². The van der Waals surface area contributed by atoms with Crippen molar-refractivity contribution in [2.24, 2.45) is 0 Å². The summed E-state index contributed by atoms with van der Waals surface area (Å²) in [6.07, 6.45) is 2.71. The molecule has 3 nitrogen and oxygen atoms in total. The maximum absolute atomic E-state index is 6.95. The van der Waals surface area contributed by atoms with E-state index in [2.05, 4.69) is 20.7 Å². The van der Waals surface area contributed by atoms with Crippen LogP contribution in [0.3, 0.4) is 0 Å². The molecule has 1 aliphatic rings. The third-order valence-corrected chi connectivity index (χ3v) is 1.29. The summed E-state index contributed by atoms with van der Waals surface area (Å²) in [5, 5.41) is 6.54. The Bertz CT molecular complexity index is 134. The highest BCUT2D eigenvalue weighted by Crippen LogP contribution is 2.09. The van der Waals surface area contributed by atoms with Crippen LogP contribution in [0, 0.1) is 5.41 Å². The SMILES string of the molecule is N=C1OC=COC1Br. The predicted octanol–water partition coefficient (Wildman–Crippen LogP) is 1.20. The van der Waals surface area contributed by atoms with Crippen molar-refractivity contribution < 1.29 is 9.47 Å². The van der Waals surface area contributed by atoms with E-state index in [0.29, 0.717) is 0 Å². The van der Waals surface area contributed by atoms with Crippen LogP contribution in [-0.2, 0) is 9.47 Å². The van der Waals surface area contributed by atoms with Crippen LogP contribution in [0.5, 0.6) is 0 Å². The minimum Gasteiger partial charge on any atom is -0.474 e. The van der Waals surface area contributed by atoms with E-state index in [1.54, 1.807) is 0 Å². The summed E-state index contributed by atoms with van der Waals surface area (Å²) in [5.74, 6) is 0.0764. The number of halogens is 1. The first-order valence-electron chi connectivity index (χ1n) is 2.00. The minimum atomic E-state index is -0.410. The highest BCUT2D eigenvalue weighted by molar-refractivity contribution is 9.09. The average molecular weight is 178 g/mol. The Balaban J connectivity index is 2.57. The molecule has 1 heterocycles. The van der Waals surface area contributed by atoms with Gasteiger partial charge in [0.1, 0.15) is 12.5 Å². The quantitative estimate of drug-likeness (QED) is 0.566. The highest BCUT2D eigenvalue weighted by Gasteiger charge is 2.13. The molecule has 0 aromatic heterocycles. The van der Waals surface area contributed by atoms with E-state index < -0.39 is 5.01 Å². The first-order valence-corrected chi connectivity index (χ1v) is 2.92. The molecule has 0 saturated heterocycles. The van der Waals surface area contributed by atoms with Crippen molar-refractivity contribution in [1.29, 1.82) is 5.41 Å². The van der Waals surface area contributed by atoms with E-state index in [9.17, 15) is 0 Å². The van der Waals surface area contributed by atoms with Crippen LogP contribution < -0.4 is 0 Å². The summed E-state index contributed by atoms with van der Waals surface area (Å²) >= 11 is 3.03. The van der Waals surface area contributed by atoms with Crippen LogP contribution in [0.2, 0.25) is 0 Å². The van der Waals surface area contributed by atoms with E-state index in [1.807, 2.05) is 0 Å². The van der Waals surface area contributed by atoms with Crippen molar-refractivity contribution >= 4 is 21.8 Å². The number of hydrogen-bond acceptors (Lipinski definition) is 3. The molecular formula is C4H4BrNO2. The van der Waals surface area contributed by atoms with Gasteiger partial charge in [-0.15, -0.1) is 0 Å². The molecule has 1 N–H and O–H groups in total. The monoisotopic (exact) mass is 177 g/mol. The molecule has 0 fully saturated rings. The largest absolute Gasteiger partial charge is 0.474 e. The van der Waals surface area contributed by atoms with Gasteiger partial charge in [-0.1, -0.05) is 0 Å². The molecule has 0 bridgehead atoms. The molecule has 0 aromatic rings. The molecule has 0 radical (unpaired) electrons. The Hall–Kier alpha value is -0.510. The van der Waals surface area contributed by atoms with Crippen molar-refractivity contribution in [3.8, 4) is 0 Å². The van der Waals surface area contributed by atoms with Crippen molar-refractivity contribution in [3.63, 3.8) is 0 Å². The van der Waals surface area contributed by atoms with Gasteiger partial charge in [-0.2, -0.15) is 0 Å². The average Bonchev–Trinajstić information content (AvgIpc) is 1.77. The number of nitrogens with one attached hydrogen (secondary N) is 1. The summed E-state index contributed by atoms with van der Waals surface area (Å²) in [7, 11) is 0. The lowest BCUT2D eigenvalue weighted by atomic mass is 10.7. The van der Waals surface area contributed by atoms with Gasteiger partial charge in [0.15, 0.2) is 0 Å². The fraction of sp³-hybridized carbons (Fsp3) is 0.250. The minimum absolute atomic E-state index is 0.0764. The lowest BCUT2D eigenvalue weighted by Crippen LogP contribution is -2.18. The van der Waals surface area contributed by atoms with Crippen LogP contribution in [0.1, 0.15) is 0 Å². The Kier molecular flexibility index (Phi) is 1.53. The van der Waals surface area contributed by atoms with Crippen molar-refractivity contribution in [1.82, 2.24) is 0 Å². The Morgan fingerprint density at radius 1 is 1.62 bits per heavy atom. The first kappa shape index (κ1) is 5.62. The third-order valence-electron chi connectivity index (χ3n) is 0.655. The normalized spacial score (nSPS) is 26.6. The van der Waals surface area contributed by atoms with Crippen molar-refractivity contribution in [3.05, 3.63) is 12.5 Å². The van der Waals surface area contributed by atoms with Gasteiger partial charge in [-0.05, 0) is 15.9 Å². The molecule has 0 saturated carbocycles. The van der Waals surface area contributed by atoms with Crippen LogP contribution in [-0.4, -0.2) is 10.9 Å². The van der Waals surface area contributed by atoms with Gasteiger partial charge in [-0.3, -0.25) is 5.41 Å². The van der Waals surface area contributed by atoms with Crippen molar-refractivity contribution in [2.45, 2.75) is 5.01 Å². The zero-order valence-corrected chi connectivity index (χ0v) is 5.51. The van der Waals surface area contributed by atoms with Gasteiger partial charge >= 0.3 is 0 Å². The molecule has 0 aromatic carbocycles. The second kappa shape index (κ2) is 2.17. The molecule has 8 heavy (non-hydrogen) atoms. The van der Waals surface area contributed by atoms with Crippen LogP contribution >= 0.6 is 15.9 Å². The molecule has 1 unspecified atom stereocenters. The van der Waals surface area contributed by atoms with E-state index in [4.69, 9.17) is 10.1 Å². The zero-order valence-electron chi connectivity index (χ0n) is 3.93. The fourth-order valence-corrected chi connectivity index (χ4v) is 0.550. The molecule has 1 atom stereocenters. The maximum Gasteiger partial charge on any atom is 0.239 e. The smallest absolute Gasteiger partial charge is 0.239 e. The summed E-state index contributed by atoms with van der Waals surface area (Å²) in [6, 6.07) is 0. The van der Waals surface area contributed by atoms with Gasteiger partial charge in [0, 0.05) is 0 Å². The predicted molar refractivity (Wildman–Crippen MR) is 31.8 cm³/mol. The maximum atomic E-state index is 6.95. The van der Waals surface area contributed by atoms with E-state index in [0.717, 1.165) is 0 Å². The summed E-state index contributed by atoms with van der Waals surface area (Å²) in [4.78, 5) is 0. The Labute approximate surface area is 54.9 Å². The second-order valence-corrected chi connectivity index (χ2v) is 2.04. The highest BCUT2D eigenvalue weighted by atomic mass is 79.9. The van der Waals surface area contributed by atoms with Gasteiger partial charge in [0.2, 0.25) is 10.9 Å². The fourth-order valence-electron chi connectivity index (χ4n) is 0.317. The van der Waals surface area contributed by atoms with Crippen LogP contribution in [0.15, 0.2) is 12.5 Å². The molecule has 44 valence electrons. The Morgan fingerprint density at radius 3 is 2.75 bits per heavy atom. The van der Waals surface area contributed by atoms with Crippen LogP contribution in [0.4, 0.5) is 0 Å². The summed E-state index contributed by atoms with van der Waals surface area (Å²) in [6.45, 7) is 0. The molecule has 0 spiro atoms. The lowest BCUT2D eigenvalue weighted by Gasteiger charge is -2.13. The molecule has 1 aliphatic heterocycles. The van der Waals surface area contributed by atoms with Crippen molar-refractivity contribution in [2.75, 3.05) is 0 Å². The van der Waals surface area contributed by atoms with E-state index >= 15 is 0 Å². The van der Waals surface area contributed by atoms with Gasteiger partial charge < -0.3 is 9.47 Å². The number of alkyl halides is 1. The number of rotatable bonds is 0. The molecule has 0 amide bonds. The first-order chi connectivity index (χ1) is 3.80. The molecular weight excluding hydrogens is 174 g/mol. The topological polar surface area (TPSA) is 42.3 Å². The zero-order chi connectivity index (χ0) is 5.98. The van der Waals surface area contributed by atoms with Gasteiger partial charge in [0.05, 0.1) is 0 Å². The second-order valence-electron chi connectivity index (χ2n) is 1.21. The lowest BCUT2D eigenvalue weighted by molar-refractivity contribution is 0.214. The Morgan fingerprint density at radius 2 is 2.38 bits per heavy atom. The number of ether oxygens (including phenoxy) is 2. The summed E-state index contributed by atoms with van der Waals surface area (Å²) in [5.41, 5.74) is 0. The standard InChI is InChI=1S/C4H4BrNO2/c5-3-4(6)8-2-1-7-3/h1-3,6H. The van der Waals surface area contributed by atoms with E-state index in [-0.39, 0.29) is 5.90 Å². The number of hydrogen-bond donors (Lipinski definition) is 1. The van der Waals surface area contributed by atoms with E-state index in [1.165, 1.54) is 12.5 Å². The third kappa shape index (κ3) is 1.01. The summed E-state index contributed by atoms with van der Waals surface area (Å²) < 4.78 is 9.40. The van der Waals surface area contributed by atoms with Crippen LogP contribution in [0.25, 0.3) is 0 Å². The van der Waals surface area contributed by atoms with Gasteiger partial charge in [0.25, 0.3) is 0 Å². The molecule has 4 heteroatoms. The molecule has 0 aliphatic carbocycles. The molecule has 1 rings (SSSR count).